The van der Waals surface area contributed by atoms with E-state index in [1.54, 1.807) is 29.3 Å². The summed E-state index contributed by atoms with van der Waals surface area (Å²) in [6.07, 6.45) is 2.44. The molecule has 1 saturated heterocycles. The number of carbonyl (C=O) groups excluding carboxylic acids is 2. The molecule has 25 heavy (non-hydrogen) atoms. The molecule has 1 unspecified atom stereocenters. The van der Waals surface area contributed by atoms with Crippen molar-refractivity contribution in [2.45, 2.75) is 12.5 Å². The molecule has 0 saturated carbocycles. The van der Waals surface area contributed by atoms with Gasteiger partial charge in [-0.15, -0.1) is 0 Å². The third-order valence-corrected chi connectivity index (χ3v) is 4.52. The molecule has 1 fully saturated rings. The van der Waals surface area contributed by atoms with Gasteiger partial charge in [-0.2, -0.15) is 0 Å². The number of nitrogens with zero attached hydrogens (tertiary/aromatic N) is 3. The molecule has 0 bridgehead atoms. The van der Waals surface area contributed by atoms with E-state index in [0.717, 1.165) is 13.0 Å². The molecule has 2 aromatic rings. The van der Waals surface area contributed by atoms with Gasteiger partial charge in [0.05, 0.1) is 0 Å². The van der Waals surface area contributed by atoms with E-state index in [2.05, 4.69) is 22.0 Å². The quantitative estimate of drug-likeness (QED) is 0.880. The lowest BCUT2D eigenvalue weighted by Gasteiger charge is -2.39. The van der Waals surface area contributed by atoms with Crippen LogP contribution in [0.25, 0.3) is 0 Å². The Morgan fingerprint density at radius 2 is 1.84 bits per heavy atom. The third-order valence-electron chi connectivity index (χ3n) is 4.52. The van der Waals surface area contributed by atoms with E-state index in [9.17, 15) is 9.59 Å². The van der Waals surface area contributed by atoms with Crippen molar-refractivity contribution >= 4 is 11.8 Å². The number of rotatable bonds is 5. The maximum Gasteiger partial charge on any atom is 0.272 e. The molecule has 2 heterocycles. The Morgan fingerprint density at radius 1 is 1.08 bits per heavy atom. The zero-order valence-electron chi connectivity index (χ0n) is 14.0. The summed E-state index contributed by atoms with van der Waals surface area (Å²) in [6, 6.07) is 14.9. The topological polar surface area (TPSA) is 79.5 Å². The first-order chi connectivity index (χ1) is 12.1. The summed E-state index contributed by atoms with van der Waals surface area (Å²) in [7, 11) is 0. The Morgan fingerprint density at radius 3 is 2.52 bits per heavy atom. The molecule has 6 heteroatoms. The second-order valence-corrected chi connectivity index (χ2v) is 6.16. The van der Waals surface area contributed by atoms with Gasteiger partial charge in [-0.05, 0) is 24.1 Å². The van der Waals surface area contributed by atoms with Crippen molar-refractivity contribution in [3.8, 4) is 0 Å². The minimum absolute atomic E-state index is 0.158. The predicted octanol–water partition coefficient (Wildman–Crippen LogP) is 0.936. The Labute approximate surface area is 147 Å². The molecule has 0 spiro atoms. The number of piperazine rings is 1. The van der Waals surface area contributed by atoms with Crippen LogP contribution in [0.15, 0.2) is 54.7 Å². The number of amides is 2. The van der Waals surface area contributed by atoms with Crippen LogP contribution in [0.2, 0.25) is 0 Å². The first kappa shape index (κ1) is 17.1. The van der Waals surface area contributed by atoms with Gasteiger partial charge in [-0.3, -0.25) is 19.5 Å². The van der Waals surface area contributed by atoms with Crippen molar-refractivity contribution in [3.63, 3.8) is 0 Å². The zero-order valence-corrected chi connectivity index (χ0v) is 14.0. The molecule has 3 rings (SSSR count). The highest BCUT2D eigenvalue weighted by Crippen LogP contribution is 2.14. The molecule has 1 aliphatic heterocycles. The van der Waals surface area contributed by atoms with Gasteiger partial charge in [0.1, 0.15) is 11.7 Å². The van der Waals surface area contributed by atoms with Crippen LogP contribution in [0.1, 0.15) is 16.1 Å². The van der Waals surface area contributed by atoms with E-state index in [0.29, 0.717) is 25.3 Å². The summed E-state index contributed by atoms with van der Waals surface area (Å²) >= 11 is 0. The fourth-order valence-corrected chi connectivity index (χ4v) is 3.11. The van der Waals surface area contributed by atoms with Crippen molar-refractivity contribution in [2.24, 2.45) is 5.73 Å². The maximum atomic E-state index is 12.5. The molecule has 1 aromatic carbocycles. The highest BCUT2D eigenvalue weighted by Gasteiger charge is 2.33. The van der Waals surface area contributed by atoms with Crippen molar-refractivity contribution in [3.05, 3.63) is 66.0 Å². The number of nitrogens with two attached hydrogens (primary N) is 1. The van der Waals surface area contributed by atoms with Gasteiger partial charge in [-0.25, -0.2) is 0 Å². The van der Waals surface area contributed by atoms with Crippen molar-refractivity contribution in [1.82, 2.24) is 14.8 Å². The van der Waals surface area contributed by atoms with E-state index in [1.165, 1.54) is 5.56 Å². The normalized spacial score (nSPS) is 18.1. The van der Waals surface area contributed by atoms with E-state index in [1.807, 2.05) is 18.2 Å². The van der Waals surface area contributed by atoms with Crippen LogP contribution in [0.5, 0.6) is 0 Å². The van der Waals surface area contributed by atoms with E-state index >= 15 is 0 Å². The van der Waals surface area contributed by atoms with Crippen LogP contribution in [0, 0.1) is 0 Å². The zero-order chi connectivity index (χ0) is 17.6. The Bertz CT molecular complexity index is 721. The van der Waals surface area contributed by atoms with Crippen LogP contribution in [-0.2, 0) is 11.2 Å². The summed E-state index contributed by atoms with van der Waals surface area (Å²) in [5.74, 6) is -0.554. The molecule has 1 atom stereocenters. The first-order valence-electron chi connectivity index (χ1n) is 8.43. The highest BCUT2D eigenvalue weighted by atomic mass is 16.2. The Kier molecular flexibility index (Phi) is 5.40. The summed E-state index contributed by atoms with van der Waals surface area (Å²) in [5, 5.41) is 0. The summed E-state index contributed by atoms with van der Waals surface area (Å²) in [5.41, 5.74) is 7.21. The SMILES string of the molecule is NC(=O)C1CN(C(=O)c2ccccn2)CCN1CCc1ccccc1. The minimum atomic E-state index is -0.467. The number of aromatic nitrogens is 1. The number of primary amides is 1. The van der Waals surface area contributed by atoms with Gasteiger partial charge in [0.2, 0.25) is 5.91 Å². The lowest BCUT2D eigenvalue weighted by Crippen LogP contribution is -2.59. The van der Waals surface area contributed by atoms with E-state index in [-0.39, 0.29) is 5.91 Å². The molecule has 1 aromatic heterocycles. The van der Waals surface area contributed by atoms with Gasteiger partial charge in [0.15, 0.2) is 0 Å². The largest absolute Gasteiger partial charge is 0.368 e. The average Bonchev–Trinajstić information content (AvgIpc) is 2.67. The second kappa shape index (κ2) is 7.90. The first-order valence-corrected chi connectivity index (χ1v) is 8.43. The van der Waals surface area contributed by atoms with Crippen molar-refractivity contribution in [2.75, 3.05) is 26.2 Å². The molecule has 0 radical (unpaired) electrons. The van der Waals surface area contributed by atoms with Gasteiger partial charge >= 0.3 is 0 Å². The fraction of sp³-hybridized carbons (Fsp3) is 0.316. The van der Waals surface area contributed by atoms with E-state index in [4.69, 9.17) is 5.73 Å². The van der Waals surface area contributed by atoms with Gasteiger partial charge in [-0.1, -0.05) is 36.4 Å². The molecule has 6 nitrogen and oxygen atoms in total. The smallest absolute Gasteiger partial charge is 0.272 e. The van der Waals surface area contributed by atoms with E-state index < -0.39 is 11.9 Å². The van der Waals surface area contributed by atoms with Crippen molar-refractivity contribution < 1.29 is 9.59 Å². The van der Waals surface area contributed by atoms with Crippen molar-refractivity contribution in [1.29, 1.82) is 0 Å². The standard InChI is InChI=1S/C19H22N4O2/c20-18(24)17-14-23(19(25)16-8-4-5-10-21-16)13-12-22(17)11-9-15-6-2-1-3-7-15/h1-8,10,17H,9,11-14H2,(H2,20,24). The lowest BCUT2D eigenvalue weighted by molar-refractivity contribution is -0.125. The number of hydrogen-bond donors (Lipinski definition) is 1. The molecule has 130 valence electrons. The Balaban J connectivity index is 1.64. The van der Waals surface area contributed by atoms with Crippen LogP contribution in [0.3, 0.4) is 0 Å². The maximum absolute atomic E-state index is 12.5. The summed E-state index contributed by atoms with van der Waals surface area (Å²) < 4.78 is 0. The molecular weight excluding hydrogens is 316 g/mol. The molecule has 2 amide bonds. The Hall–Kier alpha value is -2.73. The van der Waals surface area contributed by atoms with Crippen LogP contribution in [-0.4, -0.2) is 58.8 Å². The molecule has 0 aliphatic carbocycles. The number of pyridine rings is 1. The van der Waals surface area contributed by atoms with Gasteiger partial charge in [0, 0.05) is 32.4 Å². The molecule has 2 N–H and O–H groups in total. The minimum Gasteiger partial charge on any atom is -0.368 e. The fourth-order valence-electron chi connectivity index (χ4n) is 3.11. The average molecular weight is 338 g/mol. The van der Waals surface area contributed by atoms with Gasteiger partial charge in [0.25, 0.3) is 5.91 Å². The predicted molar refractivity (Wildman–Crippen MR) is 94.8 cm³/mol. The summed E-state index contributed by atoms with van der Waals surface area (Å²) in [4.78, 5) is 32.3. The number of carbonyl (C=O) groups is 2. The number of hydrogen-bond acceptors (Lipinski definition) is 4. The number of benzene rings is 1. The lowest BCUT2D eigenvalue weighted by atomic mass is 10.1. The summed E-state index contributed by atoms with van der Waals surface area (Å²) in [6.45, 7) is 2.23. The van der Waals surface area contributed by atoms with Crippen LogP contribution >= 0.6 is 0 Å². The monoisotopic (exact) mass is 338 g/mol. The van der Waals surface area contributed by atoms with Crippen LogP contribution < -0.4 is 5.73 Å². The molecule has 1 aliphatic rings. The highest BCUT2D eigenvalue weighted by molar-refractivity contribution is 5.93. The molecular formula is C19H22N4O2. The van der Waals surface area contributed by atoms with Crippen LogP contribution in [0.4, 0.5) is 0 Å². The second-order valence-electron chi connectivity index (χ2n) is 6.16. The van der Waals surface area contributed by atoms with Gasteiger partial charge < -0.3 is 10.6 Å². The third kappa shape index (κ3) is 4.22.